The van der Waals surface area contributed by atoms with Gasteiger partial charge in [-0.25, -0.2) is 9.59 Å². The Hall–Kier alpha value is -2.57. The smallest absolute Gasteiger partial charge is 0.329 e. The summed E-state index contributed by atoms with van der Waals surface area (Å²) >= 11 is 0. The maximum absolute atomic E-state index is 12.6. The molecule has 1 aromatic rings. The highest BCUT2D eigenvalue weighted by Gasteiger charge is 2.42. The van der Waals surface area contributed by atoms with Crippen LogP contribution in [0.1, 0.15) is 44.1 Å². The molecule has 2 aliphatic rings. The van der Waals surface area contributed by atoms with Crippen molar-refractivity contribution in [2.24, 2.45) is 0 Å². The van der Waals surface area contributed by atoms with Crippen molar-refractivity contribution in [1.82, 2.24) is 15.1 Å². The fourth-order valence-electron chi connectivity index (χ4n) is 4.04. The molecule has 1 saturated carbocycles. The third-order valence-corrected chi connectivity index (χ3v) is 5.85. The number of rotatable bonds is 5. The van der Waals surface area contributed by atoms with Gasteiger partial charge in [0.05, 0.1) is 0 Å². The van der Waals surface area contributed by atoms with Gasteiger partial charge in [0.15, 0.2) is 0 Å². The Morgan fingerprint density at radius 2 is 1.54 bits per heavy atom. The van der Waals surface area contributed by atoms with E-state index in [1.165, 1.54) is 0 Å². The number of nitrogens with zero attached hydrogens (tertiary/aromatic N) is 2. The van der Waals surface area contributed by atoms with E-state index in [1.807, 2.05) is 30.3 Å². The highest BCUT2D eigenvalue weighted by atomic mass is 16.4. The van der Waals surface area contributed by atoms with E-state index in [0.717, 1.165) is 24.8 Å². The average molecular weight is 387 g/mol. The molecule has 7 nitrogen and oxygen atoms in total. The van der Waals surface area contributed by atoms with Crippen LogP contribution in [0.2, 0.25) is 0 Å². The summed E-state index contributed by atoms with van der Waals surface area (Å²) in [5.41, 5.74) is -0.00172. The van der Waals surface area contributed by atoms with Crippen LogP contribution in [0.15, 0.2) is 30.3 Å². The number of urea groups is 1. The lowest BCUT2D eigenvalue weighted by Gasteiger charge is -2.39. The van der Waals surface area contributed by atoms with Gasteiger partial charge < -0.3 is 20.2 Å². The molecule has 0 spiro atoms. The minimum atomic E-state index is -1.14. The summed E-state index contributed by atoms with van der Waals surface area (Å²) in [5, 5.41) is 12.4. The Labute approximate surface area is 165 Å². The van der Waals surface area contributed by atoms with E-state index >= 15 is 0 Å². The van der Waals surface area contributed by atoms with E-state index in [9.17, 15) is 19.5 Å². The van der Waals surface area contributed by atoms with E-state index in [2.05, 4.69) is 5.32 Å². The van der Waals surface area contributed by atoms with Crippen LogP contribution in [0, 0.1) is 0 Å². The Morgan fingerprint density at radius 3 is 2.14 bits per heavy atom. The highest BCUT2D eigenvalue weighted by molar-refractivity contribution is 5.86. The lowest BCUT2D eigenvalue weighted by atomic mass is 9.82. The summed E-state index contributed by atoms with van der Waals surface area (Å²) in [4.78, 5) is 40.2. The van der Waals surface area contributed by atoms with E-state index in [4.69, 9.17) is 0 Å². The van der Waals surface area contributed by atoms with Crippen LogP contribution in [-0.2, 0) is 16.0 Å². The van der Waals surface area contributed by atoms with E-state index < -0.39 is 11.5 Å². The zero-order chi connectivity index (χ0) is 20.0. The summed E-state index contributed by atoms with van der Waals surface area (Å²) in [7, 11) is 0. The van der Waals surface area contributed by atoms with Gasteiger partial charge in [-0.2, -0.15) is 0 Å². The van der Waals surface area contributed by atoms with Gasteiger partial charge >= 0.3 is 12.0 Å². The van der Waals surface area contributed by atoms with Crippen LogP contribution in [0.25, 0.3) is 0 Å². The van der Waals surface area contributed by atoms with E-state index in [-0.39, 0.29) is 11.9 Å². The van der Waals surface area contributed by atoms with Crippen molar-refractivity contribution in [2.45, 2.75) is 50.5 Å². The first-order valence-corrected chi connectivity index (χ1v) is 10.1. The standard InChI is InChI=1S/C21H29N3O4/c25-18(10-9-17-7-3-1-4-8-17)23-13-15-24(16-14-23)20(28)22-21(19(26)27)11-5-2-6-12-21/h1,3-4,7-8H,2,5-6,9-16H2,(H,22,28)(H,26,27). The molecule has 1 aliphatic heterocycles. The summed E-state index contributed by atoms with van der Waals surface area (Å²) in [6.07, 6.45) is 4.76. The van der Waals surface area contributed by atoms with Crippen molar-refractivity contribution < 1.29 is 19.5 Å². The van der Waals surface area contributed by atoms with Crippen LogP contribution >= 0.6 is 0 Å². The number of carbonyl (C=O) groups excluding carboxylic acids is 2. The molecule has 0 radical (unpaired) electrons. The van der Waals surface area contributed by atoms with Crippen molar-refractivity contribution in [1.29, 1.82) is 0 Å². The van der Waals surface area contributed by atoms with Gasteiger partial charge in [-0.1, -0.05) is 49.6 Å². The van der Waals surface area contributed by atoms with Gasteiger partial charge in [0.2, 0.25) is 5.91 Å². The number of amides is 3. The van der Waals surface area contributed by atoms with Gasteiger partial charge in [-0.15, -0.1) is 0 Å². The van der Waals surface area contributed by atoms with E-state index in [1.54, 1.807) is 9.80 Å². The predicted octanol–water partition coefficient (Wildman–Crippen LogP) is 2.26. The fourth-order valence-corrected chi connectivity index (χ4v) is 4.04. The molecule has 0 bridgehead atoms. The second-order valence-corrected chi connectivity index (χ2v) is 7.73. The van der Waals surface area contributed by atoms with Crippen LogP contribution in [0.4, 0.5) is 4.79 Å². The van der Waals surface area contributed by atoms with Crippen molar-refractivity contribution >= 4 is 17.9 Å². The predicted molar refractivity (Wildman–Crippen MR) is 105 cm³/mol. The Bertz CT molecular complexity index is 693. The first kappa shape index (κ1) is 20.2. The van der Waals surface area contributed by atoms with Gasteiger partial charge in [0, 0.05) is 32.6 Å². The maximum atomic E-state index is 12.6. The normalized spacial score (nSPS) is 19.1. The number of piperazine rings is 1. The molecule has 152 valence electrons. The molecule has 1 aliphatic carbocycles. The monoisotopic (exact) mass is 387 g/mol. The van der Waals surface area contributed by atoms with Crippen LogP contribution in [-0.4, -0.2) is 64.5 Å². The number of carboxylic acids is 1. The Morgan fingerprint density at radius 1 is 0.929 bits per heavy atom. The zero-order valence-electron chi connectivity index (χ0n) is 16.2. The molecular weight excluding hydrogens is 358 g/mol. The van der Waals surface area contributed by atoms with Gasteiger partial charge in [-0.3, -0.25) is 4.79 Å². The molecule has 3 rings (SSSR count). The Balaban J connectivity index is 1.47. The maximum Gasteiger partial charge on any atom is 0.329 e. The number of carbonyl (C=O) groups is 3. The quantitative estimate of drug-likeness (QED) is 0.811. The molecule has 0 unspecified atom stereocenters. The lowest BCUT2D eigenvalue weighted by Crippen LogP contribution is -2.61. The molecule has 1 aromatic carbocycles. The van der Waals surface area contributed by atoms with Crippen LogP contribution in [0.3, 0.4) is 0 Å². The molecular formula is C21H29N3O4. The number of hydrogen-bond donors (Lipinski definition) is 2. The summed E-state index contributed by atoms with van der Waals surface area (Å²) < 4.78 is 0. The van der Waals surface area contributed by atoms with Crippen LogP contribution < -0.4 is 5.32 Å². The number of aryl methyl sites for hydroxylation is 1. The number of nitrogens with one attached hydrogen (secondary N) is 1. The lowest BCUT2D eigenvalue weighted by molar-refractivity contribution is -0.146. The highest BCUT2D eigenvalue weighted by Crippen LogP contribution is 2.28. The zero-order valence-corrected chi connectivity index (χ0v) is 16.2. The molecule has 1 saturated heterocycles. The van der Waals surface area contributed by atoms with Crippen molar-refractivity contribution in [3.8, 4) is 0 Å². The fraction of sp³-hybridized carbons (Fsp3) is 0.571. The SMILES string of the molecule is O=C(CCc1ccccc1)N1CCN(C(=O)NC2(C(=O)O)CCCCC2)CC1. The van der Waals surface area contributed by atoms with Crippen molar-refractivity contribution in [2.75, 3.05) is 26.2 Å². The minimum absolute atomic E-state index is 0.0956. The molecule has 1 heterocycles. The Kier molecular flexibility index (Phi) is 6.54. The second-order valence-electron chi connectivity index (χ2n) is 7.73. The number of hydrogen-bond acceptors (Lipinski definition) is 3. The summed E-state index contributed by atoms with van der Waals surface area (Å²) in [5.74, 6) is -0.853. The summed E-state index contributed by atoms with van der Waals surface area (Å²) in [6.45, 7) is 1.83. The summed E-state index contributed by atoms with van der Waals surface area (Å²) in [6, 6.07) is 9.58. The number of aliphatic carboxylic acids is 1. The average Bonchev–Trinajstić information content (AvgIpc) is 2.73. The second kappa shape index (κ2) is 9.08. The van der Waals surface area contributed by atoms with Crippen molar-refractivity contribution in [3.05, 3.63) is 35.9 Å². The molecule has 28 heavy (non-hydrogen) atoms. The molecule has 7 heteroatoms. The molecule has 2 N–H and O–H groups in total. The van der Waals surface area contributed by atoms with Gasteiger partial charge in [0.1, 0.15) is 5.54 Å². The van der Waals surface area contributed by atoms with Crippen LogP contribution in [0.5, 0.6) is 0 Å². The third kappa shape index (κ3) is 4.82. The van der Waals surface area contributed by atoms with Gasteiger partial charge in [-0.05, 0) is 24.8 Å². The molecule has 0 atom stereocenters. The third-order valence-electron chi connectivity index (χ3n) is 5.85. The number of carboxylic acid groups (broad SMARTS) is 1. The minimum Gasteiger partial charge on any atom is -0.480 e. The largest absolute Gasteiger partial charge is 0.480 e. The molecule has 3 amide bonds. The van der Waals surface area contributed by atoms with Gasteiger partial charge in [0.25, 0.3) is 0 Å². The number of benzene rings is 1. The molecule has 2 fully saturated rings. The van der Waals surface area contributed by atoms with E-state index in [0.29, 0.717) is 51.9 Å². The topological polar surface area (TPSA) is 90.0 Å². The first-order valence-electron chi connectivity index (χ1n) is 10.1. The molecule has 0 aromatic heterocycles. The van der Waals surface area contributed by atoms with Crippen molar-refractivity contribution in [3.63, 3.8) is 0 Å². The first-order chi connectivity index (χ1) is 13.5.